The van der Waals surface area contributed by atoms with Crippen molar-refractivity contribution >= 4 is 15.5 Å². The summed E-state index contributed by atoms with van der Waals surface area (Å²) < 4.78 is 23.6. The minimum atomic E-state index is -3.26. The van der Waals surface area contributed by atoms with E-state index in [1.54, 1.807) is 30.3 Å². The molecule has 1 aromatic carbocycles. The number of rotatable bonds is 6. The van der Waals surface area contributed by atoms with Gasteiger partial charge in [0.05, 0.1) is 16.4 Å². The smallest absolute Gasteiger partial charge is 0.181 e. The molecule has 0 bridgehead atoms. The molecule has 0 saturated heterocycles. The average molecular weight is 255 g/mol. The topological polar surface area (TPSA) is 55.7 Å². The number of hydrogen-bond acceptors (Lipinski definition) is 4. The van der Waals surface area contributed by atoms with Crippen molar-refractivity contribution in [1.29, 1.82) is 0 Å². The molecule has 94 valence electrons. The summed E-state index contributed by atoms with van der Waals surface area (Å²) in [6, 6.07) is 8.34. The number of sulfone groups is 1. The van der Waals surface area contributed by atoms with Crippen molar-refractivity contribution in [2.24, 2.45) is 5.16 Å². The van der Waals surface area contributed by atoms with Gasteiger partial charge in [-0.25, -0.2) is 8.42 Å². The quantitative estimate of drug-likeness (QED) is 0.445. The number of nitrogens with zero attached hydrogens (tertiary/aromatic N) is 1. The molecule has 0 saturated carbocycles. The van der Waals surface area contributed by atoms with Gasteiger partial charge in [0.25, 0.3) is 0 Å². The van der Waals surface area contributed by atoms with Crippen LogP contribution in [0.1, 0.15) is 20.3 Å². The van der Waals surface area contributed by atoms with Crippen LogP contribution in [0.25, 0.3) is 0 Å². The Balaban J connectivity index is 2.52. The maximum absolute atomic E-state index is 11.8. The second-order valence-corrected chi connectivity index (χ2v) is 5.75. The third kappa shape index (κ3) is 4.56. The normalized spacial score (nSPS) is 12.5. The Hall–Kier alpha value is -1.36. The summed E-state index contributed by atoms with van der Waals surface area (Å²) in [6.45, 7) is 3.88. The molecular formula is C12H17NO3S. The first-order chi connectivity index (χ1) is 8.06. The lowest BCUT2D eigenvalue weighted by atomic mass is 10.3. The molecule has 0 radical (unpaired) electrons. The van der Waals surface area contributed by atoms with Crippen LogP contribution in [-0.4, -0.2) is 26.5 Å². The molecule has 1 aromatic rings. The van der Waals surface area contributed by atoms with E-state index in [4.69, 9.17) is 4.84 Å². The molecular weight excluding hydrogens is 238 g/mol. The van der Waals surface area contributed by atoms with Crippen LogP contribution in [0.4, 0.5) is 0 Å². The van der Waals surface area contributed by atoms with E-state index in [0.29, 0.717) is 4.90 Å². The molecule has 0 aliphatic carbocycles. The highest BCUT2D eigenvalue weighted by Gasteiger charge is 2.13. The van der Waals surface area contributed by atoms with E-state index >= 15 is 0 Å². The van der Waals surface area contributed by atoms with Crippen molar-refractivity contribution < 1.29 is 13.3 Å². The monoisotopic (exact) mass is 255 g/mol. The summed E-state index contributed by atoms with van der Waals surface area (Å²) in [6.07, 6.45) is 0.797. The maximum atomic E-state index is 11.8. The molecule has 0 fully saturated rings. The van der Waals surface area contributed by atoms with Gasteiger partial charge >= 0.3 is 0 Å². The van der Waals surface area contributed by atoms with Gasteiger partial charge in [-0.3, -0.25) is 0 Å². The zero-order chi connectivity index (χ0) is 12.7. The van der Waals surface area contributed by atoms with Crippen LogP contribution in [0.5, 0.6) is 0 Å². The third-order valence-corrected chi connectivity index (χ3v) is 3.97. The Morgan fingerprint density at radius 2 is 1.94 bits per heavy atom. The Morgan fingerprint density at radius 3 is 2.53 bits per heavy atom. The molecule has 0 aliphatic heterocycles. The maximum Gasteiger partial charge on any atom is 0.181 e. The molecule has 1 rings (SSSR count). The Bertz CT molecular complexity index is 466. The second-order valence-electron chi connectivity index (χ2n) is 3.65. The number of hydrogen-bond donors (Lipinski definition) is 0. The highest BCUT2D eigenvalue weighted by atomic mass is 32.2. The van der Waals surface area contributed by atoms with Gasteiger partial charge in [0.2, 0.25) is 0 Å². The highest BCUT2D eigenvalue weighted by molar-refractivity contribution is 7.91. The van der Waals surface area contributed by atoms with Crippen molar-refractivity contribution in [3.63, 3.8) is 0 Å². The lowest BCUT2D eigenvalue weighted by molar-refractivity contribution is 0.159. The van der Waals surface area contributed by atoms with Crippen LogP contribution in [0.2, 0.25) is 0 Å². The zero-order valence-corrected chi connectivity index (χ0v) is 10.9. The second kappa shape index (κ2) is 6.39. The van der Waals surface area contributed by atoms with Gasteiger partial charge < -0.3 is 4.84 Å². The van der Waals surface area contributed by atoms with Crippen molar-refractivity contribution in [1.82, 2.24) is 0 Å². The molecule has 0 aromatic heterocycles. The minimum absolute atomic E-state index is 0.0580. The fourth-order valence-electron chi connectivity index (χ4n) is 1.11. The van der Waals surface area contributed by atoms with Crippen LogP contribution >= 0.6 is 0 Å². The largest absolute Gasteiger partial charge is 0.395 e. The lowest BCUT2D eigenvalue weighted by Crippen LogP contribution is -2.11. The Labute approximate surface area is 102 Å². The molecule has 0 atom stereocenters. The van der Waals surface area contributed by atoms with E-state index in [-0.39, 0.29) is 12.4 Å². The van der Waals surface area contributed by atoms with Crippen molar-refractivity contribution in [2.75, 3.05) is 12.4 Å². The molecule has 0 N–H and O–H groups in total. The summed E-state index contributed by atoms with van der Waals surface area (Å²) in [5, 5.41) is 3.79. The van der Waals surface area contributed by atoms with Gasteiger partial charge in [0, 0.05) is 0 Å². The Kier molecular flexibility index (Phi) is 5.15. The summed E-state index contributed by atoms with van der Waals surface area (Å²) in [4.78, 5) is 5.27. The predicted octanol–water partition coefficient (Wildman–Crippen LogP) is 2.26. The summed E-state index contributed by atoms with van der Waals surface area (Å²) in [7, 11) is -3.26. The van der Waals surface area contributed by atoms with Crippen LogP contribution in [-0.2, 0) is 14.7 Å². The summed E-state index contributed by atoms with van der Waals surface area (Å²) in [5.41, 5.74) is 0.849. The van der Waals surface area contributed by atoms with E-state index in [1.165, 1.54) is 0 Å². The minimum Gasteiger partial charge on any atom is -0.395 e. The van der Waals surface area contributed by atoms with Gasteiger partial charge in [0.1, 0.15) is 6.61 Å². The van der Waals surface area contributed by atoms with Crippen molar-refractivity contribution in [2.45, 2.75) is 25.2 Å². The first-order valence-electron chi connectivity index (χ1n) is 5.49. The summed E-state index contributed by atoms with van der Waals surface area (Å²) >= 11 is 0. The first-order valence-corrected chi connectivity index (χ1v) is 7.14. The molecule has 0 unspecified atom stereocenters. The third-order valence-electron chi connectivity index (χ3n) is 2.28. The molecule has 0 amide bonds. The van der Waals surface area contributed by atoms with Crippen molar-refractivity contribution in [3.05, 3.63) is 30.3 Å². The molecule has 0 spiro atoms. The van der Waals surface area contributed by atoms with Gasteiger partial charge in [-0.2, -0.15) is 0 Å². The SMILES string of the molecule is CC/C(C)=N/OCCS(=O)(=O)c1ccccc1. The van der Waals surface area contributed by atoms with E-state index < -0.39 is 9.84 Å². The fourth-order valence-corrected chi connectivity index (χ4v) is 2.21. The lowest BCUT2D eigenvalue weighted by Gasteiger charge is -2.03. The van der Waals surface area contributed by atoms with Crippen LogP contribution < -0.4 is 0 Å². The van der Waals surface area contributed by atoms with Crippen molar-refractivity contribution in [3.8, 4) is 0 Å². The number of benzene rings is 1. The molecule has 0 aliphatic rings. The molecule has 17 heavy (non-hydrogen) atoms. The Morgan fingerprint density at radius 1 is 1.29 bits per heavy atom. The van der Waals surface area contributed by atoms with Gasteiger partial charge in [-0.05, 0) is 25.5 Å². The van der Waals surface area contributed by atoms with Gasteiger partial charge in [-0.1, -0.05) is 30.3 Å². The van der Waals surface area contributed by atoms with Crippen LogP contribution in [0, 0.1) is 0 Å². The summed E-state index contributed by atoms with van der Waals surface area (Å²) in [5.74, 6) is -0.0580. The molecule has 5 heteroatoms. The van der Waals surface area contributed by atoms with Gasteiger partial charge in [0.15, 0.2) is 9.84 Å². The average Bonchev–Trinajstić information content (AvgIpc) is 2.35. The van der Waals surface area contributed by atoms with E-state index in [0.717, 1.165) is 12.1 Å². The number of oxime groups is 1. The molecule has 0 heterocycles. The van der Waals surface area contributed by atoms with E-state index in [2.05, 4.69) is 5.16 Å². The zero-order valence-electron chi connectivity index (χ0n) is 10.1. The predicted molar refractivity (Wildman–Crippen MR) is 67.8 cm³/mol. The van der Waals surface area contributed by atoms with Gasteiger partial charge in [-0.15, -0.1) is 0 Å². The van der Waals surface area contributed by atoms with E-state index in [9.17, 15) is 8.42 Å². The highest BCUT2D eigenvalue weighted by Crippen LogP contribution is 2.09. The molecule has 4 nitrogen and oxygen atoms in total. The van der Waals surface area contributed by atoms with Crippen LogP contribution in [0.3, 0.4) is 0 Å². The first kappa shape index (κ1) is 13.7. The van der Waals surface area contributed by atoms with Crippen LogP contribution in [0.15, 0.2) is 40.4 Å². The standard InChI is InChI=1S/C12H17NO3S/c1-3-11(2)13-16-9-10-17(14,15)12-7-5-4-6-8-12/h4-8H,3,9-10H2,1-2H3/b13-11+. The van der Waals surface area contributed by atoms with E-state index in [1.807, 2.05) is 13.8 Å². The fraction of sp³-hybridized carbons (Fsp3) is 0.417.